The number of rotatable bonds is 2. The fourth-order valence-corrected chi connectivity index (χ4v) is 5.09. The minimum atomic E-state index is -0.293. The molecule has 1 unspecified atom stereocenters. The molecule has 3 nitrogen and oxygen atoms in total. The minimum absolute atomic E-state index is 0.214. The monoisotopic (exact) mass is 421 g/mol. The molecule has 1 aliphatic rings. The molecule has 5 aromatic rings. The summed E-state index contributed by atoms with van der Waals surface area (Å²) in [5.41, 5.74) is 5.04. The average Bonchev–Trinajstić information content (AvgIpc) is 2.83. The zero-order valence-corrected chi connectivity index (χ0v) is 17.7. The van der Waals surface area contributed by atoms with E-state index in [1.165, 1.54) is 4.90 Å². The summed E-state index contributed by atoms with van der Waals surface area (Å²) in [5.74, 6) is -0.214. The second-order valence-electron chi connectivity index (χ2n) is 7.75. The van der Waals surface area contributed by atoms with Crippen LogP contribution in [0.2, 0.25) is 0 Å². The highest BCUT2D eigenvalue weighted by molar-refractivity contribution is 7.98. The highest BCUT2D eigenvalue weighted by Crippen LogP contribution is 2.48. The van der Waals surface area contributed by atoms with Gasteiger partial charge in [-0.05, 0) is 58.5 Å². The Kier molecular flexibility index (Phi) is 4.15. The molecule has 1 aromatic heterocycles. The SMILES string of the molecule is CSc1ccc(C2c3c(c4ccccc4oc3=O)Nc3ccc4ccccc4c32)cc1. The van der Waals surface area contributed by atoms with Crippen molar-refractivity contribution < 1.29 is 4.42 Å². The third-order valence-electron chi connectivity index (χ3n) is 6.11. The molecule has 150 valence electrons. The predicted molar refractivity (Wildman–Crippen MR) is 129 cm³/mol. The average molecular weight is 422 g/mol. The van der Waals surface area contributed by atoms with E-state index in [1.807, 2.05) is 30.3 Å². The quantitative estimate of drug-likeness (QED) is 0.244. The van der Waals surface area contributed by atoms with Crippen molar-refractivity contribution in [2.45, 2.75) is 10.8 Å². The predicted octanol–water partition coefficient (Wildman–Crippen LogP) is 6.91. The van der Waals surface area contributed by atoms with Crippen molar-refractivity contribution in [1.82, 2.24) is 0 Å². The third-order valence-corrected chi connectivity index (χ3v) is 6.85. The van der Waals surface area contributed by atoms with Gasteiger partial charge in [0, 0.05) is 21.9 Å². The molecule has 31 heavy (non-hydrogen) atoms. The first-order chi connectivity index (χ1) is 15.2. The largest absolute Gasteiger partial charge is 0.422 e. The molecule has 4 heteroatoms. The van der Waals surface area contributed by atoms with E-state index in [0.29, 0.717) is 11.1 Å². The number of fused-ring (bicyclic) bond motifs is 6. The number of nitrogens with one attached hydrogen (secondary N) is 1. The molecule has 0 radical (unpaired) electrons. The third kappa shape index (κ3) is 2.79. The molecule has 1 N–H and O–H groups in total. The molecular weight excluding hydrogens is 402 g/mol. The van der Waals surface area contributed by atoms with E-state index < -0.39 is 0 Å². The lowest BCUT2D eigenvalue weighted by atomic mass is 9.79. The maximum atomic E-state index is 13.3. The second-order valence-corrected chi connectivity index (χ2v) is 8.63. The Morgan fingerprint density at radius 1 is 0.806 bits per heavy atom. The lowest BCUT2D eigenvalue weighted by Crippen LogP contribution is -2.22. The van der Waals surface area contributed by atoms with Crippen LogP contribution in [0.5, 0.6) is 0 Å². The van der Waals surface area contributed by atoms with Crippen molar-refractivity contribution in [3.8, 4) is 0 Å². The van der Waals surface area contributed by atoms with Crippen molar-refractivity contribution in [3.63, 3.8) is 0 Å². The Morgan fingerprint density at radius 2 is 1.55 bits per heavy atom. The molecule has 0 saturated heterocycles. The van der Waals surface area contributed by atoms with Crippen molar-refractivity contribution in [3.05, 3.63) is 112 Å². The van der Waals surface area contributed by atoms with Gasteiger partial charge in [-0.3, -0.25) is 0 Å². The topological polar surface area (TPSA) is 42.2 Å². The first-order valence-corrected chi connectivity index (χ1v) is 11.5. The number of hydrogen-bond donors (Lipinski definition) is 1. The Morgan fingerprint density at radius 3 is 2.35 bits per heavy atom. The van der Waals surface area contributed by atoms with Gasteiger partial charge in [0.25, 0.3) is 0 Å². The molecular formula is C27H19NO2S. The van der Waals surface area contributed by atoms with Crippen molar-refractivity contribution in [2.24, 2.45) is 0 Å². The molecule has 0 bridgehead atoms. The van der Waals surface area contributed by atoms with Gasteiger partial charge in [-0.1, -0.05) is 54.6 Å². The molecule has 1 atom stereocenters. The van der Waals surface area contributed by atoms with Crippen LogP contribution in [-0.2, 0) is 0 Å². The van der Waals surface area contributed by atoms with Gasteiger partial charge in [0.1, 0.15) is 5.58 Å². The van der Waals surface area contributed by atoms with Crippen molar-refractivity contribution in [1.29, 1.82) is 0 Å². The van der Waals surface area contributed by atoms with Crippen LogP contribution in [0.3, 0.4) is 0 Å². The van der Waals surface area contributed by atoms with Gasteiger partial charge in [0.2, 0.25) is 0 Å². The fourth-order valence-electron chi connectivity index (χ4n) is 4.69. The van der Waals surface area contributed by atoms with Crippen LogP contribution < -0.4 is 10.9 Å². The summed E-state index contributed by atoms with van der Waals surface area (Å²) in [6, 6.07) is 28.8. The molecule has 1 aliphatic heterocycles. The maximum absolute atomic E-state index is 13.3. The highest BCUT2D eigenvalue weighted by atomic mass is 32.2. The highest BCUT2D eigenvalue weighted by Gasteiger charge is 2.33. The Hall–Kier alpha value is -3.50. The zero-order chi connectivity index (χ0) is 20.9. The smallest absolute Gasteiger partial charge is 0.342 e. The molecule has 0 amide bonds. The van der Waals surface area contributed by atoms with Gasteiger partial charge >= 0.3 is 5.63 Å². The van der Waals surface area contributed by atoms with Gasteiger partial charge in [-0.15, -0.1) is 11.8 Å². The van der Waals surface area contributed by atoms with Crippen LogP contribution in [0.15, 0.2) is 99.0 Å². The van der Waals surface area contributed by atoms with Gasteiger partial charge in [-0.25, -0.2) is 4.79 Å². The normalized spacial score (nSPS) is 14.8. The fraction of sp³-hybridized carbons (Fsp3) is 0.0741. The zero-order valence-electron chi connectivity index (χ0n) is 16.9. The van der Waals surface area contributed by atoms with Crippen molar-refractivity contribution >= 4 is 44.9 Å². The number of thioether (sulfide) groups is 1. The van der Waals surface area contributed by atoms with Crippen LogP contribution >= 0.6 is 11.8 Å². The minimum Gasteiger partial charge on any atom is -0.422 e. The maximum Gasteiger partial charge on any atom is 0.342 e. The van der Waals surface area contributed by atoms with Crippen LogP contribution in [0.4, 0.5) is 11.4 Å². The van der Waals surface area contributed by atoms with Gasteiger partial charge in [0.05, 0.1) is 11.3 Å². The summed E-state index contributed by atoms with van der Waals surface area (Å²) in [4.78, 5) is 14.5. The number of para-hydroxylation sites is 1. The molecule has 0 spiro atoms. The standard InChI is InChI=1S/C27H19NO2S/c1-31-18-13-10-17(11-14-18)23-24-19-7-3-2-6-16(19)12-15-21(24)28-26-20-8-4-5-9-22(20)30-27(29)25(23)26/h2-15,23,28H,1H3. The first-order valence-electron chi connectivity index (χ1n) is 10.2. The summed E-state index contributed by atoms with van der Waals surface area (Å²) in [7, 11) is 0. The van der Waals surface area contributed by atoms with Crippen LogP contribution in [0.25, 0.3) is 21.7 Å². The van der Waals surface area contributed by atoms with Crippen LogP contribution in [0.1, 0.15) is 22.6 Å². The molecule has 4 aromatic carbocycles. The van der Waals surface area contributed by atoms with E-state index in [4.69, 9.17) is 4.42 Å². The van der Waals surface area contributed by atoms with E-state index in [1.54, 1.807) is 11.8 Å². The Labute approximate surface area is 183 Å². The lowest BCUT2D eigenvalue weighted by Gasteiger charge is -2.30. The Balaban J connectivity index is 1.73. The summed E-state index contributed by atoms with van der Waals surface area (Å²) in [6.45, 7) is 0. The number of hydrogen-bond acceptors (Lipinski definition) is 4. The molecule has 0 fully saturated rings. The van der Waals surface area contributed by atoms with Gasteiger partial charge in [-0.2, -0.15) is 0 Å². The second kappa shape index (κ2) is 7.03. The van der Waals surface area contributed by atoms with Crippen molar-refractivity contribution in [2.75, 3.05) is 11.6 Å². The van der Waals surface area contributed by atoms with E-state index in [-0.39, 0.29) is 11.5 Å². The summed E-state index contributed by atoms with van der Waals surface area (Å²) >= 11 is 1.71. The molecule has 6 rings (SSSR count). The number of benzene rings is 4. The Bertz CT molecular complexity index is 1520. The first kappa shape index (κ1) is 18.3. The summed E-state index contributed by atoms with van der Waals surface area (Å²) < 4.78 is 5.78. The van der Waals surface area contributed by atoms with E-state index in [0.717, 1.165) is 38.7 Å². The summed E-state index contributed by atoms with van der Waals surface area (Å²) in [6.07, 6.45) is 2.07. The van der Waals surface area contributed by atoms with Gasteiger partial charge < -0.3 is 9.73 Å². The number of anilines is 2. The lowest BCUT2D eigenvalue weighted by molar-refractivity contribution is 0.549. The van der Waals surface area contributed by atoms with E-state index in [2.05, 4.69) is 66.2 Å². The molecule has 0 aliphatic carbocycles. The molecule has 0 saturated carbocycles. The van der Waals surface area contributed by atoms with Crippen LogP contribution in [-0.4, -0.2) is 6.26 Å². The molecule has 2 heterocycles. The van der Waals surface area contributed by atoms with E-state index >= 15 is 0 Å². The van der Waals surface area contributed by atoms with Gasteiger partial charge in [0.15, 0.2) is 0 Å². The van der Waals surface area contributed by atoms with Crippen LogP contribution in [0, 0.1) is 0 Å². The van der Waals surface area contributed by atoms with E-state index in [9.17, 15) is 4.79 Å². The summed E-state index contributed by atoms with van der Waals surface area (Å²) in [5, 5.41) is 6.79.